The second-order valence-corrected chi connectivity index (χ2v) is 5.12. The highest BCUT2D eigenvalue weighted by molar-refractivity contribution is 7.80. The molecule has 0 atom stereocenters. The Morgan fingerprint density at radius 3 is 2.22 bits per heavy atom. The zero-order valence-electron chi connectivity index (χ0n) is 13.6. The van der Waals surface area contributed by atoms with Gasteiger partial charge < -0.3 is 5.32 Å². The van der Waals surface area contributed by atoms with Crippen LogP contribution in [0.1, 0.15) is 35.3 Å². The van der Waals surface area contributed by atoms with Gasteiger partial charge in [0.1, 0.15) is 0 Å². The first-order valence-corrected chi connectivity index (χ1v) is 7.93. The Kier molecular flexibility index (Phi) is 7.91. The van der Waals surface area contributed by atoms with Crippen LogP contribution in [-0.2, 0) is 6.54 Å². The van der Waals surface area contributed by atoms with Crippen molar-refractivity contribution in [3.8, 4) is 0 Å². The van der Waals surface area contributed by atoms with Crippen LogP contribution in [-0.4, -0.2) is 11.9 Å². The van der Waals surface area contributed by atoms with Gasteiger partial charge in [0.2, 0.25) is 0 Å². The molecule has 3 amide bonds. The molecule has 0 saturated heterocycles. The van der Waals surface area contributed by atoms with Crippen molar-refractivity contribution in [3.05, 3.63) is 65.2 Å². The lowest BCUT2D eigenvalue weighted by Crippen LogP contribution is -2.39. The molecule has 122 valence electrons. The van der Waals surface area contributed by atoms with Gasteiger partial charge in [-0.25, -0.2) is 4.79 Å². The molecule has 0 aromatic heterocycles. The number of benzene rings is 2. The maximum Gasteiger partial charge on any atom is 0.321 e. The van der Waals surface area contributed by atoms with Gasteiger partial charge in [-0.15, -0.1) is 12.6 Å². The van der Waals surface area contributed by atoms with Crippen molar-refractivity contribution in [1.29, 1.82) is 0 Å². The molecule has 2 rings (SSSR count). The molecule has 0 bridgehead atoms. The Hall–Kier alpha value is -2.27. The molecule has 0 saturated carbocycles. The first-order valence-electron chi connectivity index (χ1n) is 7.49. The number of hydrogen-bond acceptors (Lipinski definition) is 3. The number of amides is 3. The number of urea groups is 1. The van der Waals surface area contributed by atoms with Crippen molar-refractivity contribution in [3.63, 3.8) is 0 Å². The van der Waals surface area contributed by atoms with Gasteiger partial charge in [-0.2, -0.15) is 0 Å². The van der Waals surface area contributed by atoms with Gasteiger partial charge >= 0.3 is 6.03 Å². The minimum Gasteiger partial charge on any atom is -0.334 e. The van der Waals surface area contributed by atoms with E-state index in [-0.39, 0.29) is 0 Å². The number of carbonyl (C=O) groups is 2. The molecule has 0 aliphatic rings. The maximum atomic E-state index is 11.9. The van der Waals surface area contributed by atoms with Crippen molar-refractivity contribution in [2.24, 2.45) is 0 Å². The number of nitrogens with one attached hydrogen (secondary N) is 2. The van der Waals surface area contributed by atoms with E-state index in [1.54, 1.807) is 24.3 Å². The fourth-order valence-corrected chi connectivity index (χ4v) is 2.03. The molecule has 5 heteroatoms. The summed E-state index contributed by atoms with van der Waals surface area (Å²) in [4.78, 5) is 24.2. The monoisotopic (exact) mass is 330 g/mol. The standard InChI is InChI=1S/C16H16N2O2S.C2H6/c1-11-6-8-12(9-7-11)10-17-16(20)18-15(19)13-4-2-3-5-14(13)21;1-2/h2-9,21H,10H2,1H3,(H2,17,18,19,20);1-2H3. The molecular weight excluding hydrogens is 308 g/mol. The van der Waals surface area contributed by atoms with E-state index in [0.717, 1.165) is 11.1 Å². The molecule has 0 unspecified atom stereocenters. The van der Waals surface area contributed by atoms with Gasteiger partial charge in [0, 0.05) is 11.4 Å². The smallest absolute Gasteiger partial charge is 0.321 e. The SMILES string of the molecule is CC.Cc1ccc(CNC(=O)NC(=O)c2ccccc2S)cc1. The van der Waals surface area contributed by atoms with E-state index in [9.17, 15) is 9.59 Å². The van der Waals surface area contributed by atoms with Gasteiger partial charge in [0.05, 0.1) is 5.56 Å². The van der Waals surface area contributed by atoms with Gasteiger partial charge in [0.15, 0.2) is 0 Å². The van der Waals surface area contributed by atoms with Crippen molar-refractivity contribution in [1.82, 2.24) is 10.6 Å². The van der Waals surface area contributed by atoms with Crippen molar-refractivity contribution in [2.75, 3.05) is 0 Å². The Bertz CT molecular complexity index is 654. The summed E-state index contributed by atoms with van der Waals surface area (Å²) in [5.41, 5.74) is 2.49. The predicted molar refractivity (Wildman–Crippen MR) is 95.9 cm³/mol. The summed E-state index contributed by atoms with van der Waals surface area (Å²) in [5.74, 6) is -0.470. The highest BCUT2D eigenvalue weighted by Crippen LogP contribution is 2.12. The Balaban J connectivity index is 0.00000127. The van der Waals surface area contributed by atoms with E-state index in [4.69, 9.17) is 0 Å². The maximum absolute atomic E-state index is 11.9. The van der Waals surface area contributed by atoms with Crippen LogP contribution in [0.4, 0.5) is 4.79 Å². The van der Waals surface area contributed by atoms with E-state index in [2.05, 4.69) is 23.3 Å². The Morgan fingerprint density at radius 2 is 1.61 bits per heavy atom. The number of carbonyl (C=O) groups excluding carboxylic acids is 2. The molecule has 0 fully saturated rings. The lowest BCUT2D eigenvalue weighted by Gasteiger charge is -2.08. The van der Waals surface area contributed by atoms with Gasteiger partial charge in [-0.05, 0) is 24.6 Å². The third-order valence-corrected chi connectivity index (χ3v) is 3.34. The van der Waals surface area contributed by atoms with Crippen molar-refractivity contribution in [2.45, 2.75) is 32.2 Å². The predicted octanol–water partition coefficient (Wildman–Crippen LogP) is 3.95. The average Bonchev–Trinajstić information content (AvgIpc) is 2.56. The van der Waals surface area contributed by atoms with Crippen LogP contribution in [0.2, 0.25) is 0 Å². The zero-order chi connectivity index (χ0) is 17.2. The lowest BCUT2D eigenvalue weighted by atomic mass is 10.1. The molecule has 0 aliphatic carbocycles. The van der Waals surface area contributed by atoms with E-state index in [1.165, 1.54) is 0 Å². The molecule has 4 nitrogen and oxygen atoms in total. The summed E-state index contributed by atoms with van der Waals surface area (Å²) >= 11 is 4.19. The molecule has 0 heterocycles. The fraction of sp³-hybridized carbons (Fsp3) is 0.222. The normalized spacial score (nSPS) is 9.39. The van der Waals surface area contributed by atoms with Crippen LogP contribution >= 0.6 is 12.6 Å². The molecule has 0 radical (unpaired) electrons. The second kappa shape index (κ2) is 9.69. The average molecular weight is 330 g/mol. The van der Waals surface area contributed by atoms with E-state index < -0.39 is 11.9 Å². The second-order valence-electron chi connectivity index (χ2n) is 4.64. The van der Waals surface area contributed by atoms with Gasteiger partial charge in [-0.1, -0.05) is 55.8 Å². The van der Waals surface area contributed by atoms with Crippen LogP contribution in [0.5, 0.6) is 0 Å². The number of thiol groups is 1. The zero-order valence-corrected chi connectivity index (χ0v) is 14.5. The minimum absolute atomic E-state index is 0.363. The number of aryl methyl sites for hydroxylation is 1. The summed E-state index contributed by atoms with van der Waals surface area (Å²) in [7, 11) is 0. The highest BCUT2D eigenvalue weighted by atomic mass is 32.1. The van der Waals surface area contributed by atoms with Gasteiger partial charge in [0.25, 0.3) is 5.91 Å². The number of rotatable bonds is 3. The van der Waals surface area contributed by atoms with Crippen LogP contribution in [0, 0.1) is 6.92 Å². The van der Waals surface area contributed by atoms with Crippen LogP contribution in [0.3, 0.4) is 0 Å². The molecule has 0 aliphatic heterocycles. The Morgan fingerprint density at radius 1 is 1.00 bits per heavy atom. The first kappa shape index (κ1) is 18.8. The number of hydrogen-bond donors (Lipinski definition) is 3. The first-order chi connectivity index (χ1) is 11.1. The van der Waals surface area contributed by atoms with E-state index in [1.807, 2.05) is 45.0 Å². The van der Waals surface area contributed by atoms with E-state index in [0.29, 0.717) is 17.0 Å². The summed E-state index contributed by atoms with van der Waals surface area (Å²) in [6.07, 6.45) is 0. The largest absolute Gasteiger partial charge is 0.334 e. The van der Waals surface area contributed by atoms with Gasteiger partial charge in [-0.3, -0.25) is 10.1 Å². The molecule has 2 aromatic carbocycles. The molecular formula is C18H22N2O2S. The third kappa shape index (κ3) is 6.16. The van der Waals surface area contributed by atoms with E-state index >= 15 is 0 Å². The molecule has 23 heavy (non-hydrogen) atoms. The quantitative estimate of drug-likeness (QED) is 0.746. The summed E-state index contributed by atoms with van der Waals surface area (Å²) in [6, 6.07) is 14.1. The van der Waals surface area contributed by atoms with Crippen molar-refractivity contribution >= 4 is 24.6 Å². The number of imide groups is 1. The molecule has 2 N–H and O–H groups in total. The lowest BCUT2D eigenvalue weighted by molar-refractivity contribution is 0.0961. The molecule has 2 aromatic rings. The third-order valence-electron chi connectivity index (χ3n) is 2.95. The fourth-order valence-electron chi connectivity index (χ4n) is 1.77. The summed E-state index contributed by atoms with van der Waals surface area (Å²) in [5, 5.41) is 4.92. The summed E-state index contributed by atoms with van der Waals surface area (Å²) < 4.78 is 0. The highest BCUT2D eigenvalue weighted by Gasteiger charge is 2.12. The van der Waals surface area contributed by atoms with Crippen molar-refractivity contribution < 1.29 is 9.59 Å². The minimum atomic E-state index is -0.530. The topological polar surface area (TPSA) is 58.2 Å². The van der Waals surface area contributed by atoms with Crippen LogP contribution in [0.25, 0.3) is 0 Å². The Labute approximate surface area is 142 Å². The summed E-state index contributed by atoms with van der Waals surface area (Å²) in [6.45, 7) is 6.36. The van der Waals surface area contributed by atoms with Crippen LogP contribution in [0.15, 0.2) is 53.4 Å². The van der Waals surface area contributed by atoms with Crippen LogP contribution < -0.4 is 10.6 Å². The molecule has 0 spiro atoms.